The number of carboxylic acid groups (broad SMARTS) is 1. The van der Waals surface area contributed by atoms with Gasteiger partial charge in [0.2, 0.25) is 0 Å². The maximum absolute atomic E-state index is 13.2. The number of imidazole rings is 1. The molecule has 2 heterocycles. The minimum atomic E-state index is -1.23. The lowest BCUT2D eigenvalue weighted by atomic mass is 9.80. The number of nitrogens with zero attached hydrogens (tertiary/aromatic N) is 3. The summed E-state index contributed by atoms with van der Waals surface area (Å²) < 4.78 is 13.5. The van der Waals surface area contributed by atoms with Crippen LogP contribution in [0.4, 0.5) is 5.69 Å². The molecule has 11 nitrogen and oxygen atoms in total. The molecule has 1 aliphatic rings. The second-order valence-electron chi connectivity index (χ2n) is 9.33. The number of esters is 1. The van der Waals surface area contributed by atoms with Gasteiger partial charge in [-0.2, -0.15) is 0 Å². The Morgan fingerprint density at radius 2 is 1.82 bits per heavy atom. The molecule has 0 saturated carbocycles. The number of unbranched alkanes of at least 4 members (excludes halogenated alkanes) is 1. The summed E-state index contributed by atoms with van der Waals surface area (Å²) in [6.07, 6.45) is 6.49. The summed E-state index contributed by atoms with van der Waals surface area (Å²) in [6.45, 7) is 4.39. The molecule has 11 heteroatoms. The van der Waals surface area contributed by atoms with Gasteiger partial charge in [0.25, 0.3) is 5.69 Å². The lowest BCUT2D eigenvalue weighted by molar-refractivity contribution is -0.384. The largest absolute Gasteiger partial charge is 0.493 e. The van der Waals surface area contributed by atoms with Crippen LogP contribution in [0.3, 0.4) is 0 Å². The molecule has 3 aromatic rings. The number of nitro benzene ring substituents is 1. The summed E-state index contributed by atoms with van der Waals surface area (Å²) in [5.74, 6) is -2.17. The molecule has 2 aromatic carbocycles. The van der Waals surface area contributed by atoms with E-state index in [1.54, 1.807) is 32.4 Å². The van der Waals surface area contributed by atoms with Gasteiger partial charge in [-0.25, -0.2) is 14.6 Å². The number of benzene rings is 2. The highest BCUT2D eigenvalue weighted by atomic mass is 16.6. The zero-order chi connectivity index (χ0) is 28.6. The van der Waals surface area contributed by atoms with Gasteiger partial charge in [0.15, 0.2) is 0 Å². The van der Waals surface area contributed by atoms with Crippen LogP contribution >= 0.6 is 0 Å². The Bertz CT molecular complexity index is 1460. The van der Waals surface area contributed by atoms with Crippen LogP contribution in [0, 0.1) is 10.1 Å². The van der Waals surface area contributed by atoms with Gasteiger partial charge in [0.05, 0.1) is 48.1 Å². The molecule has 1 aliphatic heterocycles. The third-order valence-corrected chi connectivity index (χ3v) is 6.54. The predicted octanol–water partition coefficient (Wildman–Crippen LogP) is 4.56. The lowest BCUT2D eigenvalue weighted by Gasteiger charge is -2.29. The van der Waals surface area contributed by atoms with E-state index in [1.165, 1.54) is 18.2 Å². The van der Waals surface area contributed by atoms with E-state index in [9.17, 15) is 24.8 Å². The number of dihydropyridines is 1. The van der Waals surface area contributed by atoms with Crippen LogP contribution in [0.25, 0.3) is 0 Å². The molecule has 0 fully saturated rings. The van der Waals surface area contributed by atoms with Gasteiger partial charge in [-0.05, 0) is 38.3 Å². The number of aromatic nitrogens is 2. The molecule has 0 aliphatic carbocycles. The number of carbonyl (C=O) groups excluding carboxylic acids is 1. The van der Waals surface area contributed by atoms with Crippen LogP contribution in [-0.4, -0.2) is 44.7 Å². The molecule has 1 unspecified atom stereocenters. The van der Waals surface area contributed by atoms with E-state index >= 15 is 0 Å². The van der Waals surface area contributed by atoms with Crippen molar-refractivity contribution >= 4 is 17.6 Å². The Kier molecular flexibility index (Phi) is 8.95. The van der Waals surface area contributed by atoms with Crippen LogP contribution in [-0.2, 0) is 20.9 Å². The molecule has 2 N–H and O–H groups in total. The fourth-order valence-corrected chi connectivity index (χ4v) is 4.68. The predicted molar refractivity (Wildman–Crippen MR) is 145 cm³/mol. The van der Waals surface area contributed by atoms with Crippen LogP contribution in [0.5, 0.6) is 5.75 Å². The van der Waals surface area contributed by atoms with Gasteiger partial charge < -0.3 is 24.5 Å². The van der Waals surface area contributed by atoms with Crippen molar-refractivity contribution in [1.82, 2.24) is 14.9 Å². The van der Waals surface area contributed by atoms with E-state index in [2.05, 4.69) is 10.3 Å². The quantitative estimate of drug-likeness (QED) is 0.144. The van der Waals surface area contributed by atoms with Gasteiger partial charge in [0.1, 0.15) is 5.75 Å². The fraction of sp³-hybridized carbons (Fsp3) is 0.276. The highest BCUT2D eigenvalue weighted by molar-refractivity contribution is 5.99. The van der Waals surface area contributed by atoms with Crippen molar-refractivity contribution in [3.8, 4) is 5.75 Å². The highest BCUT2D eigenvalue weighted by Crippen LogP contribution is 2.39. The topological polar surface area (TPSA) is 146 Å². The molecular weight excluding hydrogens is 516 g/mol. The Morgan fingerprint density at radius 1 is 1.07 bits per heavy atom. The summed E-state index contributed by atoms with van der Waals surface area (Å²) in [5, 5.41) is 24.2. The lowest BCUT2D eigenvalue weighted by Crippen LogP contribution is -2.32. The number of rotatable bonds is 12. The molecule has 1 aromatic heterocycles. The monoisotopic (exact) mass is 546 g/mol. The minimum Gasteiger partial charge on any atom is -0.493 e. The van der Waals surface area contributed by atoms with E-state index in [0.717, 1.165) is 11.3 Å². The average molecular weight is 547 g/mol. The first-order valence-electron chi connectivity index (χ1n) is 12.8. The van der Waals surface area contributed by atoms with Crippen LogP contribution < -0.4 is 10.1 Å². The van der Waals surface area contributed by atoms with Gasteiger partial charge in [-0.15, -0.1) is 0 Å². The minimum absolute atomic E-state index is 0.0687. The normalized spacial score (nSPS) is 15.0. The van der Waals surface area contributed by atoms with Crippen molar-refractivity contribution in [2.24, 2.45) is 0 Å². The van der Waals surface area contributed by atoms with Crippen molar-refractivity contribution < 1.29 is 29.1 Å². The molecule has 0 amide bonds. The summed E-state index contributed by atoms with van der Waals surface area (Å²) in [7, 11) is 0. The fourth-order valence-electron chi connectivity index (χ4n) is 4.68. The molecule has 4 rings (SSSR count). The van der Waals surface area contributed by atoms with Crippen molar-refractivity contribution in [2.75, 3.05) is 13.2 Å². The van der Waals surface area contributed by atoms with Crippen molar-refractivity contribution in [3.05, 3.63) is 111 Å². The van der Waals surface area contributed by atoms with E-state index in [4.69, 9.17) is 9.47 Å². The number of hydrogen-bond donors (Lipinski definition) is 2. The van der Waals surface area contributed by atoms with E-state index in [1.807, 2.05) is 35.0 Å². The van der Waals surface area contributed by atoms with Gasteiger partial charge in [0, 0.05) is 41.5 Å². The average Bonchev–Trinajstić information content (AvgIpc) is 3.44. The SMILES string of the molecule is CC1=C(C(=O)O)C(c2cccc([N+](=O)[O-])c2)C(C(=O)OCCCCOc2ccccc2Cn2ccnc2)=C(C)N1. The van der Waals surface area contributed by atoms with E-state index in [-0.39, 0.29) is 23.4 Å². The van der Waals surface area contributed by atoms with Crippen molar-refractivity contribution in [2.45, 2.75) is 39.2 Å². The van der Waals surface area contributed by atoms with E-state index < -0.39 is 22.8 Å². The number of carboxylic acids is 1. The first-order valence-corrected chi connectivity index (χ1v) is 12.8. The number of aliphatic carboxylic acids is 1. The Balaban J connectivity index is 1.38. The van der Waals surface area contributed by atoms with E-state index in [0.29, 0.717) is 43.0 Å². The zero-order valence-electron chi connectivity index (χ0n) is 22.2. The summed E-state index contributed by atoms with van der Waals surface area (Å²) >= 11 is 0. The Labute approximate surface area is 230 Å². The van der Waals surface area contributed by atoms with Crippen LogP contribution in [0.15, 0.2) is 89.8 Å². The molecule has 0 bridgehead atoms. The number of ether oxygens (including phenoxy) is 2. The molecule has 0 spiro atoms. The third-order valence-electron chi connectivity index (χ3n) is 6.54. The smallest absolute Gasteiger partial charge is 0.336 e. The van der Waals surface area contributed by atoms with Gasteiger partial charge in [-0.1, -0.05) is 30.3 Å². The zero-order valence-corrected chi connectivity index (χ0v) is 22.2. The molecule has 0 radical (unpaired) electrons. The van der Waals surface area contributed by atoms with Crippen molar-refractivity contribution in [1.29, 1.82) is 0 Å². The maximum atomic E-state index is 13.2. The first kappa shape index (κ1) is 28.1. The second-order valence-corrected chi connectivity index (χ2v) is 9.33. The Morgan fingerprint density at radius 3 is 2.55 bits per heavy atom. The third kappa shape index (κ3) is 6.55. The molecule has 0 saturated heterocycles. The maximum Gasteiger partial charge on any atom is 0.336 e. The number of para-hydroxylation sites is 1. The van der Waals surface area contributed by atoms with Gasteiger partial charge >= 0.3 is 11.9 Å². The summed E-state index contributed by atoms with van der Waals surface area (Å²) in [4.78, 5) is 40.3. The van der Waals surface area contributed by atoms with Gasteiger partial charge in [-0.3, -0.25) is 10.1 Å². The molecule has 1 atom stereocenters. The number of non-ortho nitro benzene ring substituents is 1. The highest BCUT2D eigenvalue weighted by Gasteiger charge is 2.37. The number of nitrogens with one attached hydrogen (secondary N) is 1. The number of allylic oxidation sites excluding steroid dienone is 2. The number of carbonyl (C=O) groups is 2. The van der Waals surface area contributed by atoms with Crippen LogP contribution in [0.1, 0.15) is 43.7 Å². The Hall–Kier alpha value is -4.93. The summed E-state index contributed by atoms with van der Waals surface area (Å²) in [5.41, 5.74) is 1.96. The summed E-state index contributed by atoms with van der Waals surface area (Å²) in [6, 6.07) is 13.4. The standard InChI is InChI=1S/C29H30N4O7/c1-19-25(28(34)35)27(21-9-7-10-23(16-21)33(37)38)26(20(2)31-19)29(36)40-15-6-5-14-39-24-11-4-3-8-22(24)17-32-13-12-30-18-32/h3-4,7-13,16,18,27,31H,5-6,14-15,17H2,1-2H3,(H,34,35). The second kappa shape index (κ2) is 12.7. The van der Waals surface area contributed by atoms with Crippen molar-refractivity contribution in [3.63, 3.8) is 0 Å². The van der Waals surface area contributed by atoms with Crippen LogP contribution in [0.2, 0.25) is 0 Å². The molecule has 40 heavy (non-hydrogen) atoms. The number of nitro groups is 1. The first-order chi connectivity index (χ1) is 19.3. The molecule has 208 valence electrons. The molecular formula is C29H30N4O7. The number of hydrogen-bond acceptors (Lipinski definition) is 8.